The molecule has 1 aromatic rings. The number of rotatable bonds is 4. The van der Waals surface area contributed by atoms with Crippen LogP contribution in [0.25, 0.3) is 0 Å². The summed E-state index contributed by atoms with van der Waals surface area (Å²) in [6.45, 7) is 7.91. The fourth-order valence-corrected chi connectivity index (χ4v) is 5.92. The van der Waals surface area contributed by atoms with Gasteiger partial charge in [0.2, 0.25) is 5.91 Å². The first kappa shape index (κ1) is 19.6. The highest BCUT2D eigenvalue weighted by Gasteiger charge is 2.57. The minimum absolute atomic E-state index is 0.0485. The van der Waals surface area contributed by atoms with E-state index in [0.29, 0.717) is 5.56 Å². The summed E-state index contributed by atoms with van der Waals surface area (Å²) >= 11 is 1.50. The number of thiophene rings is 1. The number of hydrogen-bond acceptors (Lipinski definition) is 4. The number of allylic oxidation sites excluding steroid dienone is 2. The SMILES string of the molecule is CCc1c(C(=O)NNC(=O)[C@H]2[C@@H](C(=O)O)[C@H]3CC[C@H]2C3=C(C)C)csc1C. The second-order valence-electron chi connectivity index (χ2n) is 7.62. The van der Waals surface area contributed by atoms with Crippen LogP contribution in [0, 0.1) is 30.6 Å². The molecule has 0 unspecified atom stereocenters. The van der Waals surface area contributed by atoms with E-state index in [2.05, 4.69) is 10.9 Å². The van der Waals surface area contributed by atoms with Crippen molar-refractivity contribution in [2.45, 2.75) is 47.0 Å². The fraction of sp³-hybridized carbons (Fsp3) is 0.550. The number of carbonyl (C=O) groups excluding carboxylic acids is 2. The van der Waals surface area contributed by atoms with Crippen LogP contribution in [0.4, 0.5) is 0 Å². The Morgan fingerprint density at radius 1 is 1.15 bits per heavy atom. The minimum Gasteiger partial charge on any atom is -0.481 e. The van der Waals surface area contributed by atoms with Crippen LogP contribution < -0.4 is 10.9 Å². The lowest BCUT2D eigenvalue weighted by Crippen LogP contribution is -2.48. The van der Waals surface area contributed by atoms with Gasteiger partial charge in [-0.1, -0.05) is 18.1 Å². The Balaban J connectivity index is 1.75. The molecule has 2 fully saturated rings. The van der Waals surface area contributed by atoms with Crippen molar-refractivity contribution in [3.8, 4) is 0 Å². The van der Waals surface area contributed by atoms with Crippen molar-refractivity contribution >= 4 is 29.1 Å². The first-order chi connectivity index (χ1) is 12.8. The number of nitrogens with one attached hydrogen (secondary N) is 2. The number of amides is 2. The normalized spacial score (nSPS) is 26.1. The Morgan fingerprint density at radius 3 is 2.33 bits per heavy atom. The molecule has 0 saturated heterocycles. The summed E-state index contributed by atoms with van der Waals surface area (Å²) in [6, 6.07) is 0. The summed E-state index contributed by atoms with van der Waals surface area (Å²) in [7, 11) is 0. The van der Waals surface area contributed by atoms with Gasteiger partial charge >= 0.3 is 5.97 Å². The summed E-state index contributed by atoms with van der Waals surface area (Å²) in [4.78, 5) is 38.2. The first-order valence-electron chi connectivity index (χ1n) is 9.35. The molecule has 1 heterocycles. The van der Waals surface area contributed by atoms with Gasteiger partial charge in [0.1, 0.15) is 0 Å². The number of hydrazine groups is 1. The number of hydrogen-bond donors (Lipinski definition) is 3. The van der Waals surface area contributed by atoms with E-state index in [4.69, 9.17) is 0 Å². The lowest BCUT2D eigenvalue weighted by atomic mass is 9.79. The van der Waals surface area contributed by atoms with Crippen molar-refractivity contribution < 1.29 is 19.5 Å². The van der Waals surface area contributed by atoms with Crippen LogP contribution >= 0.6 is 11.3 Å². The fourth-order valence-electron chi connectivity index (χ4n) is 4.98. The van der Waals surface area contributed by atoms with Gasteiger partial charge in [0, 0.05) is 10.3 Å². The van der Waals surface area contributed by atoms with Crippen molar-refractivity contribution in [1.29, 1.82) is 0 Å². The molecule has 0 aliphatic heterocycles. The second-order valence-corrected chi connectivity index (χ2v) is 8.70. The molecular weight excluding hydrogens is 364 g/mol. The van der Waals surface area contributed by atoms with Crippen molar-refractivity contribution in [2.24, 2.45) is 23.7 Å². The highest BCUT2D eigenvalue weighted by Crippen LogP contribution is 2.57. The molecule has 27 heavy (non-hydrogen) atoms. The Bertz CT molecular complexity index is 822. The molecule has 0 aromatic carbocycles. The van der Waals surface area contributed by atoms with Gasteiger partial charge < -0.3 is 5.11 Å². The van der Waals surface area contributed by atoms with Crippen LogP contribution in [-0.4, -0.2) is 22.9 Å². The highest BCUT2D eigenvalue weighted by atomic mass is 32.1. The van der Waals surface area contributed by atoms with E-state index in [0.717, 1.165) is 40.8 Å². The second kappa shape index (κ2) is 7.46. The van der Waals surface area contributed by atoms with E-state index in [1.54, 1.807) is 5.38 Å². The summed E-state index contributed by atoms with van der Waals surface area (Å²) < 4.78 is 0. The molecule has 3 N–H and O–H groups in total. The van der Waals surface area contributed by atoms with Crippen LogP contribution in [0.2, 0.25) is 0 Å². The van der Waals surface area contributed by atoms with Crippen molar-refractivity contribution in [2.75, 3.05) is 0 Å². The molecule has 2 saturated carbocycles. The molecule has 1 aromatic heterocycles. The maximum absolute atomic E-state index is 12.8. The van der Waals surface area contributed by atoms with Crippen molar-refractivity contribution in [3.05, 3.63) is 32.5 Å². The van der Waals surface area contributed by atoms with Gasteiger partial charge in [-0.15, -0.1) is 11.3 Å². The summed E-state index contributed by atoms with van der Waals surface area (Å²) in [6.07, 6.45) is 2.38. The number of carboxylic acid groups (broad SMARTS) is 1. The molecule has 2 amide bonds. The quantitative estimate of drug-likeness (QED) is 0.544. The third-order valence-corrected chi connectivity index (χ3v) is 6.96. The van der Waals surface area contributed by atoms with E-state index in [-0.39, 0.29) is 17.7 Å². The molecule has 7 heteroatoms. The number of fused-ring (bicyclic) bond motifs is 2. The number of carboxylic acids is 1. The van der Waals surface area contributed by atoms with Gasteiger partial charge in [0.05, 0.1) is 17.4 Å². The van der Waals surface area contributed by atoms with Gasteiger partial charge in [-0.05, 0) is 57.4 Å². The molecule has 4 atom stereocenters. The standard InChI is InChI=1S/C20H26N2O4S/c1-5-11-10(4)27-8-14(11)18(23)21-22-19(24)16-12-6-7-13(15(12)9(2)3)17(16)20(25)26/h8,12-13,16-17H,5-7H2,1-4H3,(H,21,23)(H,22,24)(H,25,26)/t12-,13-,16+,17-/m0/s1. The van der Waals surface area contributed by atoms with Crippen molar-refractivity contribution in [1.82, 2.24) is 10.9 Å². The number of carbonyl (C=O) groups is 3. The Morgan fingerprint density at radius 2 is 1.78 bits per heavy atom. The van der Waals surface area contributed by atoms with Gasteiger partial charge in [-0.25, -0.2) is 0 Å². The maximum atomic E-state index is 12.8. The number of aliphatic carboxylic acids is 1. The molecule has 2 aliphatic rings. The third-order valence-electron chi connectivity index (χ3n) is 6.01. The zero-order valence-electron chi connectivity index (χ0n) is 16.1. The van der Waals surface area contributed by atoms with E-state index < -0.39 is 23.7 Å². The van der Waals surface area contributed by atoms with E-state index in [1.165, 1.54) is 11.3 Å². The largest absolute Gasteiger partial charge is 0.481 e. The monoisotopic (exact) mass is 390 g/mol. The molecular formula is C20H26N2O4S. The van der Waals surface area contributed by atoms with Crippen LogP contribution in [-0.2, 0) is 16.0 Å². The van der Waals surface area contributed by atoms with E-state index in [1.807, 2.05) is 27.7 Å². The maximum Gasteiger partial charge on any atom is 0.307 e. The lowest BCUT2D eigenvalue weighted by Gasteiger charge is -2.26. The average molecular weight is 391 g/mol. The van der Waals surface area contributed by atoms with E-state index >= 15 is 0 Å². The summed E-state index contributed by atoms with van der Waals surface area (Å²) in [5.41, 5.74) is 8.74. The smallest absolute Gasteiger partial charge is 0.307 e. The minimum atomic E-state index is -0.936. The predicted octanol–water partition coefficient (Wildman–Crippen LogP) is 3.07. The zero-order valence-corrected chi connectivity index (χ0v) is 16.9. The van der Waals surface area contributed by atoms with Crippen LogP contribution in [0.3, 0.4) is 0 Å². The van der Waals surface area contributed by atoms with Gasteiger partial charge in [-0.3, -0.25) is 25.2 Å². The van der Waals surface area contributed by atoms with Gasteiger partial charge in [0.25, 0.3) is 5.91 Å². The van der Waals surface area contributed by atoms with Crippen LogP contribution in [0.15, 0.2) is 16.5 Å². The molecule has 0 radical (unpaired) electrons. The number of aryl methyl sites for hydroxylation is 1. The molecule has 0 spiro atoms. The Hall–Kier alpha value is -2.15. The molecule has 146 valence electrons. The van der Waals surface area contributed by atoms with Crippen LogP contribution in [0.1, 0.15) is 54.4 Å². The van der Waals surface area contributed by atoms with Gasteiger partial charge in [0.15, 0.2) is 0 Å². The summed E-state index contributed by atoms with van der Waals surface area (Å²) in [5, 5.41) is 11.5. The Labute approximate surface area is 163 Å². The topological polar surface area (TPSA) is 95.5 Å². The third kappa shape index (κ3) is 3.29. The van der Waals surface area contributed by atoms with Crippen molar-refractivity contribution in [3.63, 3.8) is 0 Å². The molecule has 2 bridgehead atoms. The molecule has 2 aliphatic carbocycles. The highest BCUT2D eigenvalue weighted by molar-refractivity contribution is 7.10. The average Bonchev–Trinajstić information content (AvgIpc) is 3.29. The first-order valence-corrected chi connectivity index (χ1v) is 10.2. The predicted molar refractivity (Wildman–Crippen MR) is 103 cm³/mol. The Kier molecular flexibility index (Phi) is 5.42. The van der Waals surface area contributed by atoms with E-state index in [9.17, 15) is 19.5 Å². The lowest BCUT2D eigenvalue weighted by molar-refractivity contribution is -0.149. The summed E-state index contributed by atoms with van der Waals surface area (Å²) in [5.74, 6) is -3.19. The zero-order chi connectivity index (χ0) is 19.9. The van der Waals surface area contributed by atoms with Crippen LogP contribution in [0.5, 0.6) is 0 Å². The van der Waals surface area contributed by atoms with Gasteiger partial charge in [-0.2, -0.15) is 0 Å². The molecule has 3 rings (SSSR count). The molecule has 6 nitrogen and oxygen atoms in total.